The predicted octanol–water partition coefficient (Wildman–Crippen LogP) is 1.91. The average molecular weight is 362 g/mol. The highest BCUT2D eigenvalue weighted by Gasteiger charge is 2.58. The maximum absolute atomic E-state index is 13.3. The van der Waals surface area contributed by atoms with Crippen molar-refractivity contribution in [3.05, 3.63) is 24.7 Å². The molecule has 140 valence electrons. The topological polar surface area (TPSA) is 39.9 Å². The Labute approximate surface area is 151 Å². The van der Waals surface area contributed by atoms with E-state index in [1.165, 1.54) is 0 Å². The maximum atomic E-state index is 13.3. The van der Waals surface area contributed by atoms with Crippen LogP contribution in [0, 0.1) is 5.92 Å². The average Bonchev–Trinajstić information content (AvgIpc) is 2.88. The number of halogens is 2. The summed E-state index contributed by atoms with van der Waals surface area (Å²) in [6, 6.07) is 0.773. The van der Waals surface area contributed by atoms with Gasteiger partial charge in [-0.3, -0.25) is 9.58 Å². The van der Waals surface area contributed by atoms with Crippen molar-refractivity contribution in [3.8, 4) is 0 Å². The summed E-state index contributed by atoms with van der Waals surface area (Å²) in [5, 5.41) is 4.20. The van der Waals surface area contributed by atoms with Gasteiger partial charge in [-0.15, -0.1) is 0 Å². The van der Waals surface area contributed by atoms with E-state index in [1.807, 2.05) is 19.4 Å². The molecule has 6 nitrogen and oxygen atoms in total. The molecule has 8 heteroatoms. The van der Waals surface area contributed by atoms with E-state index >= 15 is 0 Å². The van der Waals surface area contributed by atoms with Crippen LogP contribution >= 0.6 is 0 Å². The number of rotatable bonds is 3. The van der Waals surface area contributed by atoms with Crippen LogP contribution in [0.5, 0.6) is 0 Å². The van der Waals surface area contributed by atoms with Gasteiger partial charge in [0.2, 0.25) is 0 Å². The molecule has 0 unspecified atom stereocenters. The molecule has 0 N–H and O–H groups in total. The number of aryl methyl sites for hydroxylation is 1. The molecule has 2 bridgehead atoms. The summed E-state index contributed by atoms with van der Waals surface area (Å²) in [5.74, 6) is -1.82. The number of likely N-dealkylation sites (tertiary alicyclic amines) is 1. The monoisotopic (exact) mass is 362 g/mol. The molecule has 0 aromatic carbocycles. The number of amidine groups is 1. The van der Waals surface area contributed by atoms with E-state index in [1.54, 1.807) is 4.68 Å². The molecule has 1 aliphatic carbocycles. The number of hydrogen-bond donors (Lipinski definition) is 0. The van der Waals surface area contributed by atoms with E-state index in [0.29, 0.717) is 25.3 Å². The first-order valence-corrected chi connectivity index (χ1v) is 9.36. The highest BCUT2D eigenvalue weighted by Crippen LogP contribution is 2.50. The van der Waals surface area contributed by atoms with Gasteiger partial charge in [0.05, 0.1) is 11.9 Å². The van der Waals surface area contributed by atoms with Gasteiger partial charge in [0.1, 0.15) is 12.5 Å². The molecule has 5 rings (SSSR count). The lowest BCUT2D eigenvalue weighted by Crippen LogP contribution is -2.56. The summed E-state index contributed by atoms with van der Waals surface area (Å²) in [7, 11) is 1.90. The van der Waals surface area contributed by atoms with Gasteiger partial charge in [-0.1, -0.05) is 0 Å². The first-order chi connectivity index (χ1) is 12.5. The number of aliphatic imine (C=N–C) groups is 1. The van der Waals surface area contributed by atoms with Crippen LogP contribution in [0.25, 0.3) is 0 Å². The van der Waals surface area contributed by atoms with Gasteiger partial charge in [0.15, 0.2) is 0 Å². The zero-order valence-electron chi connectivity index (χ0n) is 14.9. The molecule has 1 saturated carbocycles. The standard InChI is InChI=1S/C18H24F2N6/c1-23-9-16(7-22-23)24-5-4-17(21-12-24)25-10-14-2-3-15(11-25)26(14)8-13-6-18(13,19)20/h4-5,7,9,13-15H,2-3,6,8,10-12H2,1H3/t13-,14-,15+/m0/s1. The van der Waals surface area contributed by atoms with Gasteiger partial charge < -0.3 is 9.80 Å². The number of fused-ring (bicyclic) bond motifs is 2. The quantitative estimate of drug-likeness (QED) is 0.824. The van der Waals surface area contributed by atoms with Crippen molar-refractivity contribution in [2.75, 3.05) is 31.2 Å². The van der Waals surface area contributed by atoms with E-state index in [0.717, 1.165) is 37.5 Å². The molecule has 0 spiro atoms. The lowest BCUT2D eigenvalue weighted by atomic mass is 10.1. The SMILES string of the molecule is Cn1cc(N2C=CC(N3C[C@H]4CC[C@@H](C3)N4C[C@@H]3CC3(F)F)=NC2)cn1. The van der Waals surface area contributed by atoms with Crippen molar-refractivity contribution < 1.29 is 8.78 Å². The Morgan fingerprint density at radius 2 is 1.96 bits per heavy atom. The number of hydrogen-bond acceptors (Lipinski definition) is 5. The molecule has 0 amide bonds. The van der Waals surface area contributed by atoms with Crippen molar-refractivity contribution in [2.24, 2.45) is 18.0 Å². The number of anilines is 1. The number of piperazine rings is 1. The van der Waals surface area contributed by atoms with Crippen molar-refractivity contribution in [2.45, 2.75) is 37.3 Å². The Balaban J connectivity index is 1.22. The second kappa shape index (κ2) is 5.77. The van der Waals surface area contributed by atoms with Crippen LogP contribution in [0.2, 0.25) is 0 Å². The van der Waals surface area contributed by atoms with Crippen LogP contribution in [0.15, 0.2) is 29.7 Å². The summed E-state index contributed by atoms with van der Waals surface area (Å²) in [5.41, 5.74) is 1.03. The summed E-state index contributed by atoms with van der Waals surface area (Å²) < 4.78 is 28.4. The molecule has 4 aliphatic rings. The van der Waals surface area contributed by atoms with Gasteiger partial charge in [-0.25, -0.2) is 13.8 Å². The van der Waals surface area contributed by atoms with Gasteiger partial charge in [-0.2, -0.15) is 5.10 Å². The lowest BCUT2D eigenvalue weighted by Gasteiger charge is -2.42. The molecule has 4 heterocycles. The molecule has 3 atom stereocenters. The Kier molecular flexibility index (Phi) is 3.60. The van der Waals surface area contributed by atoms with Crippen LogP contribution in [0.4, 0.5) is 14.5 Å². The summed E-state index contributed by atoms with van der Waals surface area (Å²) in [6.07, 6.45) is 10.2. The van der Waals surface area contributed by atoms with Crippen LogP contribution in [0.1, 0.15) is 19.3 Å². The molecule has 1 aromatic heterocycles. The molecule has 2 saturated heterocycles. The molecule has 3 aliphatic heterocycles. The maximum Gasteiger partial charge on any atom is 0.252 e. The van der Waals surface area contributed by atoms with E-state index in [2.05, 4.69) is 32.1 Å². The normalized spacial score (nSPS) is 32.9. The minimum absolute atomic E-state index is 0.0757. The molecule has 26 heavy (non-hydrogen) atoms. The van der Waals surface area contributed by atoms with Crippen molar-refractivity contribution in [1.29, 1.82) is 0 Å². The highest BCUT2D eigenvalue weighted by molar-refractivity contribution is 5.94. The zero-order valence-corrected chi connectivity index (χ0v) is 14.9. The predicted molar refractivity (Wildman–Crippen MR) is 95.3 cm³/mol. The van der Waals surface area contributed by atoms with Gasteiger partial charge in [-0.05, 0) is 18.9 Å². The first kappa shape index (κ1) is 16.2. The van der Waals surface area contributed by atoms with Crippen LogP contribution in [-0.4, -0.2) is 69.7 Å². The van der Waals surface area contributed by atoms with Crippen molar-refractivity contribution >= 4 is 11.5 Å². The van der Waals surface area contributed by atoms with E-state index in [4.69, 9.17) is 4.99 Å². The van der Waals surface area contributed by atoms with Gasteiger partial charge in [0.25, 0.3) is 5.92 Å². The lowest BCUT2D eigenvalue weighted by molar-refractivity contribution is 0.0581. The second-order valence-corrected chi connectivity index (χ2v) is 7.96. The Hall–Kier alpha value is -1.96. The minimum Gasteiger partial charge on any atom is -0.354 e. The first-order valence-electron chi connectivity index (χ1n) is 9.36. The molecule has 0 radical (unpaired) electrons. The minimum atomic E-state index is -2.41. The van der Waals surface area contributed by atoms with Gasteiger partial charge in [0, 0.05) is 63.5 Å². The summed E-state index contributed by atoms with van der Waals surface area (Å²) in [4.78, 5) is 11.5. The largest absolute Gasteiger partial charge is 0.354 e. The third kappa shape index (κ3) is 2.80. The second-order valence-electron chi connectivity index (χ2n) is 7.96. The van der Waals surface area contributed by atoms with Crippen LogP contribution < -0.4 is 4.90 Å². The fourth-order valence-electron chi connectivity index (χ4n) is 4.53. The van der Waals surface area contributed by atoms with E-state index < -0.39 is 11.8 Å². The van der Waals surface area contributed by atoms with E-state index in [-0.39, 0.29) is 6.42 Å². The van der Waals surface area contributed by atoms with Crippen LogP contribution in [-0.2, 0) is 7.05 Å². The fraction of sp³-hybridized carbons (Fsp3) is 0.667. The third-order valence-corrected chi connectivity index (χ3v) is 6.16. The Bertz CT molecular complexity index is 743. The third-order valence-electron chi connectivity index (χ3n) is 6.16. The summed E-state index contributed by atoms with van der Waals surface area (Å²) >= 11 is 0. The Morgan fingerprint density at radius 1 is 1.23 bits per heavy atom. The number of alkyl halides is 2. The van der Waals surface area contributed by atoms with Gasteiger partial charge >= 0.3 is 0 Å². The van der Waals surface area contributed by atoms with E-state index in [9.17, 15) is 8.78 Å². The fourth-order valence-corrected chi connectivity index (χ4v) is 4.53. The molecular weight excluding hydrogens is 338 g/mol. The van der Waals surface area contributed by atoms with Crippen LogP contribution in [0.3, 0.4) is 0 Å². The smallest absolute Gasteiger partial charge is 0.252 e. The zero-order chi connectivity index (χ0) is 17.9. The molecular formula is C18H24F2N6. The number of aromatic nitrogens is 2. The summed E-state index contributed by atoms with van der Waals surface area (Å²) in [6.45, 7) is 2.93. The Morgan fingerprint density at radius 3 is 2.50 bits per heavy atom. The van der Waals surface area contributed by atoms with Crippen molar-refractivity contribution in [1.82, 2.24) is 19.6 Å². The number of nitrogens with zero attached hydrogens (tertiary/aromatic N) is 6. The molecule has 3 fully saturated rings. The highest BCUT2D eigenvalue weighted by atomic mass is 19.3. The molecule has 1 aromatic rings. The van der Waals surface area contributed by atoms with Crippen molar-refractivity contribution in [3.63, 3.8) is 0 Å².